The summed E-state index contributed by atoms with van der Waals surface area (Å²) in [6.07, 6.45) is 0.793. The first kappa shape index (κ1) is 14.8. The molecular formula is C17H22O3. The highest BCUT2D eigenvalue weighted by Crippen LogP contribution is 2.28. The van der Waals surface area contributed by atoms with Gasteiger partial charge in [0.15, 0.2) is 0 Å². The van der Waals surface area contributed by atoms with E-state index in [1.165, 1.54) is 0 Å². The summed E-state index contributed by atoms with van der Waals surface area (Å²) in [6.45, 7) is 4.60. The summed E-state index contributed by atoms with van der Waals surface area (Å²) < 4.78 is 11.2. The standard InChI is InChI=1S/C17H22O3/c1-17(2,19-3)10-11-20-16-9-8-13-6-4-5-7-14(13)15(16)12-18/h4-9,18H,10-12H2,1-3H3. The average Bonchev–Trinajstić information content (AvgIpc) is 2.46. The Kier molecular flexibility index (Phi) is 4.63. The lowest BCUT2D eigenvalue weighted by Crippen LogP contribution is -2.25. The van der Waals surface area contributed by atoms with Crippen LogP contribution in [0.4, 0.5) is 0 Å². The van der Waals surface area contributed by atoms with Gasteiger partial charge in [0.1, 0.15) is 5.75 Å². The van der Waals surface area contributed by atoms with Gasteiger partial charge in [-0.3, -0.25) is 0 Å². The Bertz CT molecular complexity index is 575. The second-order valence-electron chi connectivity index (χ2n) is 5.48. The molecule has 0 heterocycles. The van der Waals surface area contributed by atoms with E-state index < -0.39 is 0 Å². The van der Waals surface area contributed by atoms with Gasteiger partial charge < -0.3 is 14.6 Å². The number of rotatable bonds is 6. The van der Waals surface area contributed by atoms with E-state index in [9.17, 15) is 5.11 Å². The number of hydrogen-bond donors (Lipinski definition) is 1. The van der Waals surface area contributed by atoms with Gasteiger partial charge >= 0.3 is 0 Å². The lowest BCUT2D eigenvalue weighted by Gasteiger charge is -2.23. The SMILES string of the molecule is COC(C)(C)CCOc1ccc2ccccc2c1CO. The maximum Gasteiger partial charge on any atom is 0.125 e. The fraction of sp³-hybridized carbons (Fsp3) is 0.412. The zero-order chi connectivity index (χ0) is 14.6. The van der Waals surface area contributed by atoms with Gasteiger partial charge in [-0.15, -0.1) is 0 Å². The van der Waals surface area contributed by atoms with Crippen molar-refractivity contribution in [1.29, 1.82) is 0 Å². The molecule has 2 rings (SSSR count). The van der Waals surface area contributed by atoms with Gasteiger partial charge in [0.2, 0.25) is 0 Å². The molecule has 0 fully saturated rings. The van der Waals surface area contributed by atoms with Gasteiger partial charge in [0, 0.05) is 19.1 Å². The Morgan fingerprint density at radius 2 is 1.85 bits per heavy atom. The quantitative estimate of drug-likeness (QED) is 0.876. The van der Waals surface area contributed by atoms with Crippen molar-refractivity contribution in [3.05, 3.63) is 42.0 Å². The van der Waals surface area contributed by atoms with Crippen molar-refractivity contribution >= 4 is 10.8 Å². The van der Waals surface area contributed by atoms with Crippen LogP contribution in [0.25, 0.3) is 10.8 Å². The molecule has 0 bridgehead atoms. The fourth-order valence-electron chi connectivity index (χ4n) is 2.12. The van der Waals surface area contributed by atoms with Crippen molar-refractivity contribution < 1.29 is 14.6 Å². The summed E-state index contributed by atoms with van der Waals surface area (Å²) >= 11 is 0. The van der Waals surface area contributed by atoms with E-state index in [0.717, 1.165) is 28.5 Å². The number of fused-ring (bicyclic) bond motifs is 1. The van der Waals surface area contributed by atoms with E-state index in [0.29, 0.717) is 6.61 Å². The number of benzene rings is 2. The largest absolute Gasteiger partial charge is 0.493 e. The molecular weight excluding hydrogens is 252 g/mol. The summed E-state index contributed by atoms with van der Waals surface area (Å²) in [4.78, 5) is 0. The zero-order valence-corrected chi connectivity index (χ0v) is 12.3. The molecule has 3 nitrogen and oxygen atoms in total. The van der Waals surface area contributed by atoms with E-state index in [1.54, 1.807) is 7.11 Å². The summed E-state index contributed by atoms with van der Waals surface area (Å²) in [5, 5.41) is 11.8. The average molecular weight is 274 g/mol. The highest BCUT2D eigenvalue weighted by atomic mass is 16.5. The van der Waals surface area contributed by atoms with Crippen molar-refractivity contribution in [2.75, 3.05) is 13.7 Å². The Morgan fingerprint density at radius 3 is 2.55 bits per heavy atom. The number of aliphatic hydroxyl groups is 1. The smallest absolute Gasteiger partial charge is 0.125 e. The monoisotopic (exact) mass is 274 g/mol. The lowest BCUT2D eigenvalue weighted by molar-refractivity contribution is 0.00532. The molecule has 0 amide bonds. The Labute approximate surface area is 120 Å². The van der Waals surface area contributed by atoms with Crippen molar-refractivity contribution in [2.24, 2.45) is 0 Å². The molecule has 0 unspecified atom stereocenters. The molecule has 3 heteroatoms. The molecule has 2 aromatic rings. The second-order valence-corrected chi connectivity index (χ2v) is 5.48. The molecule has 0 spiro atoms. The minimum atomic E-state index is -0.198. The van der Waals surface area contributed by atoms with Crippen LogP contribution >= 0.6 is 0 Å². The van der Waals surface area contributed by atoms with Crippen molar-refractivity contribution in [3.8, 4) is 5.75 Å². The molecule has 0 aliphatic heterocycles. The predicted molar refractivity (Wildman–Crippen MR) is 81.1 cm³/mol. The van der Waals surface area contributed by atoms with Crippen LogP contribution in [0.2, 0.25) is 0 Å². The molecule has 1 N–H and O–H groups in total. The van der Waals surface area contributed by atoms with Gasteiger partial charge in [-0.05, 0) is 30.7 Å². The Hall–Kier alpha value is -1.58. The molecule has 0 aliphatic rings. The van der Waals surface area contributed by atoms with Crippen LogP contribution in [0, 0.1) is 0 Å². The summed E-state index contributed by atoms with van der Waals surface area (Å²) in [5.41, 5.74) is 0.647. The van der Waals surface area contributed by atoms with Crippen LogP contribution in [-0.2, 0) is 11.3 Å². The predicted octanol–water partition coefficient (Wildman–Crippen LogP) is 3.53. The van der Waals surface area contributed by atoms with Crippen LogP contribution < -0.4 is 4.74 Å². The maximum absolute atomic E-state index is 9.62. The molecule has 0 saturated carbocycles. The van der Waals surface area contributed by atoms with Crippen molar-refractivity contribution in [1.82, 2.24) is 0 Å². The number of ether oxygens (including phenoxy) is 2. The summed E-state index contributed by atoms with van der Waals surface area (Å²) in [5.74, 6) is 0.748. The lowest BCUT2D eigenvalue weighted by atomic mass is 10.0. The van der Waals surface area contributed by atoms with E-state index in [4.69, 9.17) is 9.47 Å². The van der Waals surface area contributed by atoms with Crippen molar-refractivity contribution in [2.45, 2.75) is 32.5 Å². The van der Waals surface area contributed by atoms with E-state index >= 15 is 0 Å². The number of methoxy groups -OCH3 is 1. The number of hydrogen-bond acceptors (Lipinski definition) is 3. The third-order valence-electron chi connectivity index (χ3n) is 3.67. The topological polar surface area (TPSA) is 38.7 Å². The molecule has 2 aromatic carbocycles. The first-order valence-corrected chi connectivity index (χ1v) is 6.87. The van der Waals surface area contributed by atoms with Crippen LogP contribution in [0.1, 0.15) is 25.8 Å². The zero-order valence-electron chi connectivity index (χ0n) is 12.3. The number of aliphatic hydroxyl groups excluding tert-OH is 1. The van der Waals surface area contributed by atoms with Crippen LogP contribution in [-0.4, -0.2) is 24.4 Å². The van der Waals surface area contributed by atoms with Crippen molar-refractivity contribution in [3.63, 3.8) is 0 Å². The van der Waals surface area contributed by atoms with Gasteiger partial charge in [0.05, 0.1) is 18.8 Å². The first-order chi connectivity index (χ1) is 9.57. The third kappa shape index (κ3) is 3.30. The minimum Gasteiger partial charge on any atom is -0.493 e. The van der Waals surface area contributed by atoms with Gasteiger partial charge in [-0.1, -0.05) is 30.3 Å². The van der Waals surface area contributed by atoms with Crippen LogP contribution in [0.5, 0.6) is 5.75 Å². The van der Waals surface area contributed by atoms with E-state index in [2.05, 4.69) is 0 Å². The first-order valence-electron chi connectivity index (χ1n) is 6.87. The molecule has 0 aliphatic carbocycles. The maximum atomic E-state index is 9.62. The molecule has 0 radical (unpaired) electrons. The highest BCUT2D eigenvalue weighted by molar-refractivity contribution is 5.87. The normalized spacial score (nSPS) is 11.8. The molecule has 0 aromatic heterocycles. The molecule has 108 valence electrons. The molecule has 0 atom stereocenters. The second kappa shape index (κ2) is 6.25. The van der Waals surface area contributed by atoms with Gasteiger partial charge in [-0.2, -0.15) is 0 Å². The summed E-state index contributed by atoms with van der Waals surface area (Å²) in [7, 11) is 1.70. The Balaban J connectivity index is 2.18. The Morgan fingerprint density at radius 1 is 1.10 bits per heavy atom. The summed E-state index contributed by atoms with van der Waals surface area (Å²) in [6, 6.07) is 11.9. The minimum absolute atomic E-state index is 0.0235. The van der Waals surface area contributed by atoms with Gasteiger partial charge in [0.25, 0.3) is 0 Å². The van der Waals surface area contributed by atoms with Gasteiger partial charge in [-0.25, -0.2) is 0 Å². The molecule has 20 heavy (non-hydrogen) atoms. The van der Waals surface area contributed by atoms with Crippen LogP contribution in [0.15, 0.2) is 36.4 Å². The third-order valence-corrected chi connectivity index (χ3v) is 3.67. The van der Waals surface area contributed by atoms with Crippen LogP contribution in [0.3, 0.4) is 0 Å². The molecule has 0 saturated heterocycles. The fourth-order valence-corrected chi connectivity index (χ4v) is 2.12. The highest BCUT2D eigenvalue weighted by Gasteiger charge is 2.16. The van der Waals surface area contributed by atoms with E-state index in [-0.39, 0.29) is 12.2 Å². The van der Waals surface area contributed by atoms with E-state index in [1.807, 2.05) is 50.2 Å².